The number of halogens is 1. The minimum atomic E-state index is -0.514. The van der Waals surface area contributed by atoms with E-state index in [-0.39, 0.29) is 10.7 Å². The Morgan fingerprint density at radius 1 is 1.40 bits per heavy atom. The maximum Gasteiger partial charge on any atom is 0.271 e. The van der Waals surface area contributed by atoms with Crippen LogP contribution in [0.25, 0.3) is 0 Å². The normalized spacial score (nSPS) is 10.1. The number of nitrogens with one attached hydrogen (secondary N) is 1. The van der Waals surface area contributed by atoms with E-state index in [0.29, 0.717) is 17.4 Å². The molecule has 1 aromatic carbocycles. The lowest BCUT2D eigenvalue weighted by Gasteiger charge is -2.08. The van der Waals surface area contributed by atoms with Crippen molar-refractivity contribution in [1.29, 1.82) is 0 Å². The number of nitro groups is 1. The molecule has 2 aromatic rings. The Kier molecular flexibility index (Phi) is 4.37. The molecule has 0 aliphatic heterocycles. The molecule has 0 amide bonds. The molecule has 0 saturated heterocycles. The van der Waals surface area contributed by atoms with E-state index in [9.17, 15) is 10.1 Å². The molecule has 0 atom stereocenters. The third-order valence-electron chi connectivity index (χ3n) is 2.42. The lowest BCUT2D eigenvalue weighted by atomic mass is 10.3. The summed E-state index contributed by atoms with van der Waals surface area (Å²) in [7, 11) is 0. The fourth-order valence-electron chi connectivity index (χ4n) is 1.55. The number of hydrogen-bond donors (Lipinski definition) is 1. The second-order valence-corrected chi connectivity index (χ2v) is 4.27. The van der Waals surface area contributed by atoms with Crippen molar-refractivity contribution in [1.82, 2.24) is 4.98 Å². The summed E-state index contributed by atoms with van der Waals surface area (Å²) in [4.78, 5) is 14.3. The second kappa shape index (κ2) is 6.21. The molecule has 0 bridgehead atoms. The maximum atomic E-state index is 10.6. The van der Waals surface area contributed by atoms with Crippen molar-refractivity contribution < 1.29 is 9.66 Å². The van der Waals surface area contributed by atoms with Crippen LogP contribution in [0.15, 0.2) is 36.4 Å². The van der Waals surface area contributed by atoms with Gasteiger partial charge in [-0.05, 0) is 19.1 Å². The van der Waals surface area contributed by atoms with Gasteiger partial charge in [0.25, 0.3) is 5.69 Å². The molecule has 1 heterocycles. The lowest BCUT2D eigenvalue weighted by molar-refractivity contribution is -0.384. The van der Waals surface area contributed by atoms with Gasteiger partial charge in [0.1, 0.15) is 11.6 Å². The van der Waals surface area contributed by atoms with Gasteiger partial charge >= 0.3 is 0 Å². The number of ether oxygens (including phenoxy) is 1. The van der Waals surface area contributed by atoms with Gasteiger partial charge < -0.3 is 10.1 Å². The summed E-state index contributed by atoms with van der Waals surface area (Å²) in [5.41, 5.74) is -0.0864. The first-order valence-corrected chi connectivity index (χ1v) is 6.30. The average Bonchev–Trinajstić information content (AvgIpc) is 2.42. The molecule has 2 rings (SSSR count). The van der Waals surface area contributed by atoms with E-state index in [0.717, 1.165) is 6.54 Å². The molecule has 0 spiro atoms. The number of nitrogens with zero attached hydrogens (tertiary/aromatic N) is 2. The van der Waals surface area contributed by atoms with Crippen LogP contribution in [-0.4, -0.2) is 16.5 Å². The molecule has 1 N–H and O–H groups in total. The SMILES string of the molecule is CCNc1cccc(Oc2ccc([N+](=O)[O-])cc2Cl)n1. The summed E-state index contributed by atoms with van der Waals surface area (Å²) >= 11 is 5.95. The molecular weight excluding hydrogens is 282 g/mol. The fraction of sp³-hybridized carbons (Fsp3) is 0.154. The van der Waals surface area contributed by atoms with E-state index in [1.54, 1.807) is 12.1 Å². The minimum absolute atomic E-state index is 0.0864. The molecule has 0 aliphatic rings. The molecule has 6 nitrogen and oxygen atoms in total. The second-order valence-electron chi connectivity index (χ2n) is 3.87. The number of anilines is 1. The summed E-state index contributed by atoms with van der Waals surface area (Å²) in [5, 5.41) is 13.8. The zero-order chi connectivity index (χ0) is 14.5. The van der Waals surface area contributed by atoms with Gasteiger partial charge in [-0.15, -0.1) is 0 Å². The minimum Gasteiger partial charge on any atom is -0.437 e. The molecule has 0 radical (unpaired) electrons. The Morgan fingerprint density at radius 3 is 2.85 bits per heavy atom. The first-order chi connectivity index (χ1) is 9.60. The molecule has 20 heavy (non-hydrogen) atoms. The van der Waals surface area contributed by atoms with Crippen LogP contribution >= 0.6 is 11.6 Å². The number of pyridine rings is 1. The Hall–Kier alpha value is -2.34. The van der Waals surface area contributed by atoms with E-state index >= 15 is 0 Å². The van der Waals surface area contributed by atoms with Gasteiger partial charge in [-0.3, -0.25) is 10.1 Å². The number of hydrogen-bond acceptors (Lipinski definition) is 5. The molecular formula is C13H12ClN3O3. The largest absolute Gasteiger partial charge is 0.437 e. The quantitative estimate of drug-likeness (QED) is 0.669. The third-order valence-corrected chi connectivity index (χ3v) is 2.72. The van der Waals surface area contributed by atoms with Gasteiger partial charge in [0.15, 0.2) is 0 Å². The number of aromatic nitrogens is 1. The van der Waals surface area contributed by atoms with Gasteiger partial charge in [0.2, 0.25) is 5.88 Å². The summed E-state index contributed by atoms with van der Waals surface area (Å²) in [6.45, 7) is 2.71. The Bertz CT molecular complexity index is 634. The summed E-state index contributed by atoms with van der Waals surface area (Å²) < 4.78 is 5.53. The van der Waals surface area contributed by atoms with E-state index in [1.807, 2.05) is 13.0 Å². The summed E-state index contributed by atoms with van der Waals surface area (Å²) in [6, 6.07) is 9.30. The highest BCUT2D eigenvalue weighted by atomic mass is 35.5. The summed E-state index contributed by atoms with van der Waals surface area (Å²) in [5.74, 6) is 1.36. The van der Waals surface area contributed by atoms with Gasteiger partial charge in [-0.25, -0.2) is 0 Å². The van der Waals surface area contributed by atoms with Crippen molar-refractivity contribution in [3.63, 3.8) is 0 Å². The Labute approximate surface area is 120 Å². The highest BCUT2D eigenvalue weighted by Gasteiger charge is 2.11. The number of non-ortho nitro benzene ring substituents is 1. The highest BCUT2D eigenvalue weighted by molar-refractivity contribution is 6.32. The van der Waals surface area contributed by atoms with Crippen LogP contribution in [-0.2, 0) is 0 Å². The number of benzene rings is 1. The van der Waals surface area contributed by atoms with E-state index in [4.69, 9.17) is 16.3 Å². The van der Waals surface area contributed by atoms with Crippen molar-refractivity contribution in [2.45, 2.75) is 6.92 Å². The highest BCUT2D eigenvalue weighted by Crippen LogP contribution is 2.31. The van der Waals surface area contributed by atoms with Crippen LogP contribution in [0.5, 0.6) is 11.6 Å². The van der Waals surface area contributed by atoms with Crippen molar-refractivity contribution in [2.75, 3.05) is 11.9 Å². The third kappa shape index (κ3) is 3.36. The zero-order valence-corrected chi connectivity index (χ0v) is 11.4. The molecule has 0 aliphatic carbocycles. The van der Waals surface area contributed by atoms with Gasteiger partial charge in [0, 0.05) is 24.7 Å². The van der Waals surface area contributed by atoms with E-state index in [2.05, 4.69) is 10.3 Å². The maximum absolute atomic E-state index is 10.6. The van der Waals surface area contributed by atoms with Crippen LogP contribution < -0.4 is 10.1 Å². The van der Waals surface area contributed by atoms with Crippen molar-refractivity contribution in [3.05, 3.63) is 51.5 Å². The molecule has 7 heteroatoms. The first kappa shape index (κ1) is 14.1. The Morgan fingerprint density at radius 2 is 2.20 bits per heavy atom. The first-order valence-electron chi connectivity index (χ1n) is 5.93. The Balaban J connectivity index is 2.21. The monoisotopic (exact) mass is 293 g/mol. The van der Waals surface area contributed by atoms with E-state index in [1.165, 1.54) is 18.2 Å². The molecule has 0 unspecified atom stereocenters. The van der Waals surface area contributed by atoms with Crippen LogP contribution in [0.4, 0.5) is 11.5 Å². The molecule has 0 saturated carbocycles. The van der Waals surface area contributed by atoms with Crippen LogP contribution in [0, 0.1) is 10.1 Å². The lowest BCUT2D eigenvalue weighted by Crippen LogP contribution is -1.99. The van der Waals surface area contributed by atoms with Crippen molar-refractivity contribution >= 4 is 23.1 Å². The van der Waals surface area contributed by atoms with Gasteiger partial charge in [0.05, 0.1) is 9.95 Å². The van der Waals surface area contributed by atoms with Crippen LogP contribution in [0.3, 0.4) is 0 Å². The molecule has 104 valence electrons. The summed E-state index contributed by atoms with van der Waals surface area (Å²) in [6.07, 6.45) is 0. The van der Waals surface area contributed by atoms with Gasteiger partial charge in [-0.1, -0.05) is 17.7 Å². The van der Waals surface area contributed by atoms with Crippen LogP contribution in [0.1, 0.15) is 6.92 Å². The standard InChI is InChI=1S/C13H12ClN3O3/c1-2-15-12-4-3-5-13(16-12)20-11-7-6-9(17(18)19)8-10(11)14/h3-8H,2H2,1H3,(H,15,16). The van der Waals surface area contributed by atoms with Crippen molar-refractivity contribution in [2.24, 2.45) is 0 Å². The number of rotatable bonds is 5. The smallest absolute Gasteiger partial charge is 0.271 e. The predicted octanol–water partition coefficient (Wildman–Crippen LogP) is 3.87. The van der Waals surface area contributed by atoms with Gasteiger partial charge in [-0.2, -0.15) is 4.98 Å². The van der Waals surface area contributed by atoms with E-state index < -0.39 is 4.92 Å². The predicted molar refractivity (Wildman–Crippen MR) is 76.6 cm³/mol. The van der Waals surface area contributed by atoms with Crippen LogP contribution in [0.2, 0.25) is 5.02 Å². The van der Waals surface area contributed by atoms with Crippen molar-refractivity contribution in [3.8, 4) is 11.6 Å². The topological polar surface area (TPSA) is 77.3 Å². The zero-order valence-electron chi connectivity index (χ0n) is 10.7. The average molecular weight is 294 g/mol. The molecule has 1 aromatic heterocycles. The molecule has 0 fully saturated rings. The fourth-order valence-corrected chi connectivity index (χ4v) is 1.76. The number of nitro benzene ring substituents is 1.